The number of morpholine rings is 1. The van der Waals surface area contributed by atoms with Crippen molar-refractivity contribution in [3.63, 3.8) is 0 Å². The van der Waals surface area contributed by atoms with Crippen molar-refractivity contribution < 1.29 is 9.13 Å². The van der Waals surface area contributed by atoms with Gasteiger partial charge >= 0.3 is 0 Å². The smallest absolute Gasteiger partial charge is 0.161 e. The van der Waals surface area contributed by atoms with Gasteiger partial charge in [-0.2, -0.15) is 5.10 Å². The number of hydrogen-bond acceptors (Lipinski definition) is 6. The quantitative estimate of drug-likeness (QED) is 0.691. The zero-order valence-corrected chi connectivity index (χ0v) is 16.3. The predicted molar refractivity (Wildman–Crippen MR) is 110 cm³/mol. The van der Waals surface area contributed by atoms with E-state index in [4.69, 9.17) is 14.7 Å². The lowest BCUT2D eigenvalue weighted by atomic mass is 9.88. The lowest BCUT2D eigenvalue weighted by Crippen LogP contribution is -2.37. The number of benzene rings is 1. The third-order valence-electron chi connectivity index (χ3n) is 5.81. The Hall–Kier alpha value is -2.74. The van der Waals surface area contributed by atoms with Gasteiger partial charge in [0, 0.05) is 30.5 Å². The summed E-state index contributed by atoms with van der Waals surface area (Å²) in [6.45, 7) is 3.04. The maximum atomic E-state index is 13.7. The molecule has 2 aromatic heterocycles. The second kappa shape index (κ2) is 7.94. The maximum absolute atomic E-state index is 13.7. The molecule has 0 spiro atoms. The maximum Gasteiger partial charge on any atom is 0.161 e. The molecular weight excluding hydrogens is 371 g/mol. The molecule has 1 saturated heterocycles. The summed E-state index contributed by atoms with van der Waals surface area (Å²) >= 11 is 0. The van der Waals surface area contributed by atoms with E-state index in [1.54, 1.807) is 6.07 Å². The van der Waals surface area contributed by atoms with Gasteiger partial charge in [-0.25, -0.2) is 14.4 Å². The van der Waals surface area contributed by atoms with E-state index in [2.05, 4.69) is 20.4 Å². The number of ether oxygens (including phenoxy) is 1. The molecule has 152 valence electrons. The average molecular weight is 396 g/mol. The van der Waals surface area contributed by atoms with Gasteiger partial charge in [0.1, 0.15) is 23.3 Å². The Kier molecular flexibility index (Phi) is 5.01. The number of rotatable bonds is 4. The molecule has 5 rings (SSSR count). The Bertz CT molecular complexity index is 958. The van der Waals surface area contributed by atoms with Gasteiger partial charge in [-0.1, -0.05) is 19.3 Å². The summed E-state index contributed by atoms with van der Waals surface area (Å²) in [5.41, 5.74) is 0.781. The van der Waals surface area contributed by atoms with Crippen molar-refractivity contribution >= 4 is 28.4 Å². The Balaban J connectivity index is 1.50. The van der Waals surface area contributed by atoms with Crippen LogP contribution in [0.15, 0.2) is 24.3 Å². The van der Waals surface area contributed by atoms with Crippen LogP contribution in [-0.2, 0) is 4.74 Å². The molecule has 29 heavy (non-hydrogen) atoms. The fraction of sp³-hybridized carbons (Fsp3) is 0.476. The fourth-order valence-corrected chi connectivity index (χ4v) is 4.22. The summed E-state index contributed by atoms with van der Waals surface area (Å²) in [6.07, 6.45) is 5.99. The van der Waals surface area contributed by atoms with E-state index < -0.39 is 0 Å². The van der Waals surface area contributed by atoms with E-state index in [0.717, 1.165) is 43.1 Å². The molecule has 8 heteroatoms. The van der Waals surface area contributed by atoms with Gasteiger partial charge in [-0.05, 0) is 31.0 Å². The molecule has 3 heterocycles. The molecule has 2 fully saturated rings. The van der Waals surface area contributed by atoms with Crippen molar-refractivity contribution in [3.8, 4) is 0 Å². The number of fused-ring (bicyclic) bond motifs is 1. The first-order valence-electron chi connectivity index (χ1n) is 10.4. The standard InChI is InChI=1S/C21H25FN6O/c22-15-6-7-17-16(12-15)21(27-26-17)24-18-13-19(28-8-10-29-11-9-28)25-20(23-18)14-4-2-1-3-5-14/h6-7,12-14H,1-5,8-11H2,(H2,23,24,25,26,27). The first-order chi connectivity index (χ1) is 14.3. The van der Waals surface area contributed by atoms with E-state index in [-0.39, 0.29) is 5.82 Å². The highest BCUT2D eigenvalue weighted by molar-refractivity contribution is 5.91. The highest BCUT2D eigenvalue weighted by atomic mass is 19.1. The summed E-state index contributed by atoms with van der Waals surface area (Å²) in [5, 5.41) is 11.3. The Morgan fingerprint density at radius 3 is 2.72 bits per heavy atom. The second-order valence-electron chi connectivity index (χ2n) is 7.79. The van der Waals surface area contributed by atoms with Crippen LogP contribution in [0.5, 0.6) is 0 Å². The molecule has 0 amide bonds. The van der Waals surface area contributed by atoms with Crippen LogP contribution < -0.4 is 10.2 Å². The molecule has 0 atom stereocenters. The molecular formula is C21H25FN6O. The molecule has 0 unspecified atom stereocenters. The van der Waals surface area contributed by atoms with Crippen LogP contribution in [-0.4, -0.2) is 46.5 Å². The Morgan fingerprint density at radius 1 is 1.07 bits per heavy atom. The number of halogens is 1. The second-order valence-corrected chi connectivity index (χ2v) is 7.79. The van der Waals surface area contributed by atoms with Crippen LogP contribution in [0, 0.1) is 5.82 Å². The lowest BCUT2D eigenvalue weighted by molar-refractivity contribution is 0.122. The van der Waals surface area contributed by atoms with Crippen LogP contribution in [0.25, 0.3) is 10.9 Å². The molecule has 0 bridgehead atoms. The average Bonchev–Trinajstić information content (AvgIpc) is 3.16. The third kappa shape index (κ3) is 3.89. The van der Waals surface area contributed by atoms with E-state index in [1.165, 1.54) is 31.4 Å². The highest BCUT2D eigenvalue weighted by Crippen LogP contribution is 2.33. The van der Waals surface area contributed by atoms with E-state index in [0.29, 0.717) is 36.2 Å². The van der Waals surface area contributed by atoms with Crippen molar-refractivity contribution in [2.75, 3.05) is 36.5 Å². The summed E-state index contributed by atoms with van der Waals surface area (Å²) in [7, 11) is 0. The van der Waals surface area contributed by atoms with Gasteiger partial charge in [0.2, 0.25) is 0 Å². The molecule has 3 aromatic rings. The third-order valence-corrected chi connectivity index (χ3v) is 5.81. The van der Waals surface area contributed by atoms with Crippen molar-refractivity contribution in [2.24, 2.45) is 0 Å². The summed E-state index contributed by atoms with van der Waals surface area (Å²) in [5.74, 6) is 3.17. The first-order valence-corrected chi connectivity index (χ1v) is 10.4. The minimum Gasteiger partial charge on any atom is -0.378 e. The van der Waals surface area contributed by atoms with Crippen LogP contribution in [0.1, 0.15) is 43.8 Å². The van der Waals surface area contributed by atoms with Crippen molar-refractivity contribution in [1.29, 1.82) is 0 Å². The topological polar surface area (TPSA) is 79.0 Å². The minimum absolute atomic E-state index is 0.290. The van der Waals surface area contributed by atoms with Crippen LogP contribution in [0.4, 0.5) is 21.8 Å². The fourth-order valence-electron chi connectivity index (χ4n) is 4.22. The van der Waals surface area contributed by atoms with Crippen LogP contribution in [0.2, 0.25) is 0 Å². The van der Waals surface area contributed by atoms with Crippen molar-refractivity contribution in [1.82, 2.24) is 20.2 Å². The number of nitrogens with one attached hydrogen (secondary N) is 2. The largest absolute Gasteiger partial charge is 0.378 e. The molecule has 1 aliphatic carbocycles. The molecule has 2 N–H and O–H groups in total. The molecule has 1 aliphatic heterocycles. The number of nitrogens with zero attached hydrogens (tertiary/aromatic N) is 4. The van der Waals surface area contributed by atoms with E-state index in [1.807, 2.05) is 6.07 Å². The number of aromatic amines is 1. The molecule has 0 radical (unpaired) electrons. The van der Waals surface area contributed by atoms with Gasteiger partial charge < -0.3 is 15.0 Å². The highest BCUT2D eigenvalue weighted by Gasteiger charge is 2.22. The summed E-state index contributed by atoms with van der Waals surface area (Å²) in [4.78, 5) is 12.0. The number of H-pyrrole nitrogens is 1. The van der Waals surface area contributed by atoms with Gasteiger partial charge in [-0.3, -0.25) is 5.10 Å². The molecule has 2 aliphatic rings. The normalized spacial score (nSPS) is 18.3. The van der Waals surface area contributed by atoms with E-state index >= 15 is 0 Å². The van der Waals surface area contributed by atoms with Crippen molar-refractivity contribution in [2.45, 2.75) is 38.0 Å². The Labute approximate surface area is 168 Å². The number of anilines is 3. The summed E-state index contributed by atoms with van der Waals surface area (Å²) < 4.78 is 19.2. The van der Waals surface area contributed by atoms with Gasteiger partial charge in [0.15, 0.2) is 5.82 Å². The zero-order chi connectivity index (χ0) is 19.6. The van der Waals surface area contributed by atoms with Gasteiger partial charge in [0.05, 0.1) is 18.7 Å². The Morgan fingerprint density at radius 2 is 1.90 bits per heavy atom. The predicted octanol–water partition coefficient (Wildman–Crippen LogP) is 4.12. The molecule has 1 aromatic carbocycles. The minimum atomic E-state index is -0.290. The van der Waals surface area contributed by atoms with Gasteiger partial charge in [0.25, 0.3) is 0 Å². The number of hydrogen-bond donors (Lipinski definition) is 2. The van der Waals surface area contributed by atoms with Crippen LogP contribution in [0.3, 0.4) is 0 Å². The van der Waals surface area contributed by atoms with Crippen LogP contribution >= 0.6 is 0 Å². The van der Waals surface area contributed by atoms with Crippen molar-refractivity contribution in [3.05, 3.63) is 35.9 Å². The zero-order valence-electron chi connectivity index (χ0n) is 16.3. The lowest BCUT2D eigenvalue weighted by Gasteiger charge is -2.29. The summed E-state index contributed by atoms with van der Waals surface area (Å²) in [6, 6.07) is 6.55. The SMILES string of the molecule is Fc1ccc2[nH]nc(Nc3cc(N4CCOCC4)nc(C4CCCCC4)n3)c2c1. The van der Waals surface area contributed by atoms with Gasteiger partial charge in [-0.15, -0.1) is 0 Å². The monoisotopic (exact) mass is 396 g/mol. The number of aromatic nitrogens is 4. The molecule has 7 nitrogen and oxygen atoms in total. The first kappa shape index (κ1) is 18.3. The van der Waals surface area contributed by atoms with E-state index in [9.17, 15) is 4.39 Å². The molecule has 1 saturated carbocycles.